The predicted molar refractivity (Wildman–Crippen MR) is 108 cm³/mol. The monoisotopic (exact) mass is 384 g/mol. The van der Waals surface area contributed by atoms with Crippen molar-refractivity contribution in [2.24, 2.45) is 11.8 Å². The zero-order valence-electron chi connectivity index (χ0n) is 16.5. The van der Waals surface area contributed by atoms with Crippen molar-refractivity contribution >= 4 is 17.6 Å². The minimum atomic E-state index is -0.460. The highest BCUT2D eigenvalue weighted by Gasteiger charge is 2.22. The number of hydrogen-bond donors (Lipinski definition) is 2. The molecular weight excluding hydrogens is 356 g/mol. The van der Waals surface area contributed by atoms with Crippen LogP contribution in [-0.2, 0) is 9.53 Å². The summed E-state index contributed by atoms with van der Waals surface area (Å²) in [4.78, 5) is 24.5. The minimum Gasteiger partial charge on any atom is -0.461 e. The van der Waals surface area contributed by atoms with Gasteiger partial charge in [0.15, 0.2) is 5.69 Å². The fourth-order valence-electron chi connectivity index (χ4n) is 3.58. The number of ether oxygens (including phenoxy) is 1. The molecule has 3 rings (SSSR count). The number of para-hydroxylation sites is 2. The molecule has 1 amide bonds. The number of carbonyl (C=O) groups excluding carboxylic acids is 2. The summed E-state index contributed by atoms with van der Waals surface area (Å²) >= 11 is 0. The van der Waals surface area contributed by atoms with Crippen molar-refractivity contribution in [3.63, 3.8) is 0 Å². The highest BCUT2D eigenvalue weighted by molar-refractivity contribution is 5.93. The predicted octanol–water partition coefficient (Wildman–Crippen LogP) is 3.01. The number of hydrogen-bond acceptors (Lipinski definition) is 5. The van der Waals surface area contributed by atoms with Crippen LogP contribution in [0.4, 0.5) is 5.69 Å². The van der Waals surface area contributed by atoms with Crippen molar-refractivity contribution in [1.82, 2.24) is 15.1 Å². The highest BCUT2D eigenvalue weighted by atomic mass is 16.5. The molecule has 2 heterocycles. The first kappa shape index (κ1) is 20.1. The third-order valence-electron chi connectivity index (χ3n) is 5.15. The van der Waals surface area contributed by atoms with Crippen molar-refractivity contribution in [3.05, 3.63) is 42.2 Å². The Labute approximate surface area is 165 Å². The van der Waals surface area contributed by atoms with Gasteiger partial charge in [-0.2, -0.15) is 5.10 Å². The maximum atomic E-state index is 12.6. The van der Waals surface area contributed by atoms with Gasteiger partial charge < -0.3 is 15.4 Å². The fraction of sp³-hybridized carbons (Fsp3) is 0.476. The molecule has 0 spiro atoms. The lowest BCUT2D eigenvalue weighted by molar-refractivity contribution is -0.117. The second-order valence-corrected chi connectivity index (χ2v) is 7.22. The van der Waals surface area contributed by atoms with Gasteiger partial charge in [0.1, 0.15) is 0 Å². The van der Waals surface area contributed by atoms with Crippen molar-refractivity contribution in [2.75, 3.05) is 25.0 Å². The van der Waals surface area contributed by atoms with E-state index < -0.39 is 5.97 Å². The van der Waals surface area contributed by atoms with Crippen LogP contribution in [0.15, 0.2) is 36.5 Å². The van der Waals surface area contributed by atoms with E-state index in [2.05, 4.69) is 22.7 Å². The average Bonchev–Trinajstić information content (AvgIpc) is 3.19. The summed E-state index contributed by atoms with van der Waals surface area (Å²) in [6, 6.07) is 9.03. The van der Waals surface area contributed by atoms with Gasteiger partial charge in [0.05, 0.1) is 18.0 Å². The third-order valence-corrected chi connectivity index (χ3v) is 5.15. The molecule has 1 aromatic heterocycles. The highest BCUT2D eigenvalue weighted by Crippen LogP contribution is 2.24. The van der Waals surface area contributed by atoms with Crippen LogP contribution in [0.25, 0.3) is 5.69 Å². The molecule has 1 aromatic carbocycles. The van der Waals surface area contributed by atoms with E-state index in [1.165, 1.54) is 12.8 Å². The number of piperidine rings is 1. The molecule has 0 bridgehead atoms. The number of esters is 1. The van der Waals surface area contributed by atoms with E-state index in [9.17, 15) is 9.59 Å². The maximum absolute atomic E-state index is 12.6. The molecule has 28 heavy (non-hydrogen) atoms. The molecule has 150 valence electrons. The zero-order valence-corrected chi connectivity index (χ0v) is 16.5. The van der Waals surface area contributed by atoms with Crippen LogP contribution in [0.2, 0.25) is 0 Å². The Kier molecular flexibility index (Phi) is 6.81. The normalized spacial score (nSPS) is 17.7. The topological polar surface area (TPSA) is 85.2 Å². The van der Waals surface area contributed by atoms with Gasteiger partial charge in [0.25, 0.3) is 0 Å². The molecule has 2 unspecified atom stereocenters. The molecule has 2 N–H and O–H groups in total. The number of anilines is 1. The van der Waals surface area contributed by atoms with Crippen LogP contribution < -0.4 is 10.6 Å². The van der Waals surface area contributed by atoms with E-state index in [1.54, 1.807) is 23.9 Å². The lowest BCUT2D eigenvalue weighted by Gasteiger charge is -2.28. The number of carbonyl (C=O) groups is 2. The Morgan fingerprint density at radius 3 is 2.93 bits per heavy atom. The van der Waals surface area contributed by atoms with Gasteiger partial charge in [-0.25, -0.2) is 9.48 Å². The Balaban J connectivity index is 1.68. The number of amides is 1. The van der Waals surface area contributed by atoms with Crippen molar-refractivity contribution < 1.29 is 14.3 Å². The van der Waals surface area contributed by atoms with Gasteiger partial charge in [-0.05, 0) is 62.9 Å². The lowest BCUT2D eigenvalue weighted by atomic mass is 9.85. The van der Waals surface area contributed by atoms with Gasteiger partial charge in [0.2, 0.25) is 5.91 Å². The number of aromatic nitrogens is 2. The number of rotatable bonds is 7. The largest absolute Gasteiger partial charge is 0.461 e. The molecule has 1 aliphatic rings. The molecule has 1 fully saturated rings. The van der Waals surface area contributed by atoms with E-state index in [1.807, 2.05) is 24.3 Å². The molecule has 7 nitrogen and oxygen atoms in total. The number of benzene rings is 1. The second kappa shape index (κ2) is 9.50. The van der Waals surface area contributed by atoms with Gasteiger partial charge >= 0.3 is 5.97 Å². The number of nitrogens with one attached hydrogen (secondary N) is 2. The summed E-state index contributed by atoms with van der Waals surface area (Å²) < 4.78 is 6.56. The van der Waals surface area contributed by atoms with E-state index in [0.29, 0.717) is 36.2 Å². The molecule has 2 atom stereocenters. The van der Waals surface area contributed by atoms with Crippen molar-refractivity contribution in [2.45, 2.75) is 33.1 Å². The second-order valence-electron chi connectivity index (χ2n) is 7.22. The first-order chi connectivity index (χ1) is 13.6. The van der Waals surface area contributed by atoms with Gasteiger partial charge in [0, 0.05) is 12.6 Å². The fourth-order valence-corrected chi connectivity index (χ4v) is 3.58. The standard InChI is InChI=1S/C21H28N4O3/c1-3-28-21(27)18-10-12-25(24-18)19-9-5-4-8-17(19)23-20(26)13-15(2)16-7-6-11-22-14-16/h4-5,8-10,12,15-16,22H,3,6-7,11,13-14H2,1-2H3,(H,23,26). The molecule has 1 saturated heterocycles. The molecular formula is C21H28N4O3. The molecule has 2 aromatic rings. The molecule has 0 aliphatic carbocycles. The zero-order chi connectivity index (χ0) is 19.9. The lowest BCUT2D eigenvalue weighted by Crippen LogP contribution is -2.34. The Morgan fingerprint density at radius 1 is 1.36 bits per heavy atom. The van der Waals surface area contributed by atoms with Crippen molar-refractivity contribution in [1.29, 1.82) is 0 Å². The first-order valence-electron chi connectivity index (χ1n) is 9.91. The third kappa shape index (κ3) is 4.98. The van der Waals surface area contributed by atoms with Crippen molar-refractivity contribution in [3.8, 4) is 5.69 Å². The summed E-state index contributed by atoms with van der Waals surface area (Å²) in [5.41, 5.74) is 1.61. The Hall–Kier alpha value is -2.67. The summed E-state index contributed by atoms with van der Waals surface area (Å²) in [5.74, 6) is 0.383. The summed E-state index contributed by atoms with van der Waals surface area (Å²) in [7, 11) is 0. The smallest absolute Gasteiger partial charge is 0.358 e. The van der Waals surface area contributed by atoms with E-state index in [4.69, 9.17) is 4.74 Å². The Morgan fingerprint density at radius 2 is 2.18 bits per heavy atom. The number of nitrogens with zero attached hydrogens (tertiary/aromatic N) is 2. The summed E-state index contributed by atoms with van der Waals surface area (Å²) in [6.07, 6.45) is 4.50. The summed E-state index contributed by atoms with van der Waals surface area (Å²) in [6.45, 7) is 6.24. The molecule has 7 heteroatoms. The minimum absolute atomic E-state index is 0.0108. The van der Waals surface area contributed by atoms with E-state index in [-0.39, 0.29) is 11.6 Å². The van der Waals surface area contributed by atoms with Crippen LogP contribution in [0.5, 0.6) is 0 Å². The maximum Gasteiger partial charge on any atom is 0.358 e. The average molecular weight is 384 g/mol. The SMILES string of the molecule is CCOC(=O)c1ccn(-c2ccccc2NC(=O)CC(C)C2CCCNC2)n1. The van der Waals surface area contributed by atoms with Gasteiger partial charge in [-0.3, -0.25) is 4.79 Å². The molecule has 0 radical (unpaired) electrons. The van der Waals surface area contributed by atoms with E-state index in [0.717, 1.165) is 13.1 Å². The summed E-state index contributed by atoms with van der Waals surface area (Å²) in [5, 5.41) is 10.7. The van der Waals surface area contributed by atoms with Crippen LogP contribution in [0.1, 0.15) is 43.6 Å². The van der Waals surface area contributed by atoms with Gasteiger partial charge in [-0.15, -0.1) is 0 Å². The van der Waals surface area contributed by atoms with Crippen LogP contribution in [0.3, 0.4) is 0 Å². The quantitative estimate of drug-likeness (QED) is 0.717. The first-order valence-corrected chi connectivity index (χ1v) is 9.91. The van der Waals surface area contributed by atoms with Crippen LogP contribution >= 0.6 is 0 Å². The van der Waals surface area contributed by atoms with Crippen LogP contribution in [0, 0.1) is 11.8 Å². The van der Waals surface area contributed by atoms with Gasteiger partial charge in [-0.1, -0.05) is 19.1 Å². The Bertz CT molecular complexity index is 811. The van der Waals surface area contributed by atoms with E-state index >= 15 is 0 Å². The molecule has 0 saturated carbocycles. The molecule has 1 aliphatic heterocycles. The van der Waals surface area contributed by atoms with Crippen LogP contribution in [-0.4, -0.2) is 41.4 Å².